The van der Waals surface area contributed by atoms with Gasteiger partial charge in [0, 0.05) is 57.5 Å². The van der Waals surface area contributed by atoms with Gasteiger partial charge in [-0.1, -0.05) is 0 Å². The Labute approximate surface area is 119 Å². The molecular formula is C14H23N5O. The second kappa shape index (κ2) is 7.09. The van der Waals surface area contributed by atoms with Gasteiger partial charge in [-0.05, 0) is 20.3 Å². The molecule has 0 aliphatic carbocycles. The summed E-state index contributed by atoms with van der Waals surface area (Å²) in [5.41, 5.74) is 2.24. The minimum atomic E-state index is 0.738. The Morgan fingerprint density at radius 3 is 2.95 bits per heavy atom. The Morgan fingerprint density at radius 1 is 1.40 bits per heavy atom. The summed E-state index contributed by atoms with van der Waals surface area (Å²) in [7, 11) is 1.94. The van der Waals surface area contributed by atoms with Crippen molar-refractivity contribution in [2.45, 2.75) is 33.4 Å². The first-order chi connectivity index (χ1) is 9.70. The molecule has 0 aliphatic rings. The molecule has 2 aromatic heterocycles. The highest BCUT2D eigenvalue weighted by molar-refractivity contribution is 5.29. The molecule has 1 N–H and O–H groups in total. The molecule has 2 heterocycles. The highest BCUT2D eigenvalue weighted by atomic mass is 16.5. The van der Waals surface area contributed by atoms with Crippen LogP contribution in [0.25, 0.3) is 0 Å². The minimum absolute atomic E-state index is 0.738. The van der Waals surface area contributed by atoms with Crippen LogP contribution in [0.15, 0.2) is 18.6 Å². The Kier molecular flexibility index (Phi) is 5.17. The topological polar surface area (TPSA) is 56.9 Å². The number of hydrogen-bond acceptors (Lipinski definition) is 4. The van der Waals surface area contributed by atoms with Crippen molar-refractivity contribution in [3.63, 3.8) is 0 Å². The van der Waals surface area contributed by atoms with E-state index >= 15 is 0 Å². The maximum atomic E-state index is 5.35. The van der Waals surface area contributed by atoms with Crippen LogP contribution in [-0.2, 0) is 24.9 Å². The number of imidazole rings is 1. The van der Waals surface area contributed by atoms with Crippen molar-refractivity contribution in [3.8, 4) is 0 Å². The van der Waals surface area contributed by atoms with E-state index in [-0.39, 0.29) is 0 Å². The number of aromatic nitrogens is 4. The minimum Gasteiger partial charge on any atom is -0.382 e. The molecule has 0 saturated heterocycles. The first-order valence-corrected chi connectivity index (χ1v) is 7.02. The lowest BCUT2D eigenvalue weighted by Crippen LogP contribution is -2.09. The van der Waals surface area contributed by atoms with Crippen LogP contribution in [0.2, 0.25) is 0 Å². The number of ether oxygens (including phenoxy) is 1. The molecule has 0 amide bonds. The first kappa shape index (κ1) is 14.6. The zero-order chi connectivity index (χ0) is 14.4. The summed E-state index contributed by atoms with van der Waals surface area (Å²) in [5.74, 6) is 0.893. The zero-order valence-electron chi connectivity index (χ0n) is 12.5. The first-order valence-electron chi connectivity index (χ1n) is 7.02. The van der Waals surface area contributed by atoms with Gasteiger partial charge >= 0.3 is 0 Å². The van der Waals surface area contributed by atoms with Crippen LogP contribution in [0.3, 0.4) is 0 Å². The summed E-state index contributed by atoms with van der Waals surface area (Å²) in [4.78, 5) is 4.35. The lowest BCUT2D eigenvalue weighted by Gasteiger charge is -2.09. The van der Waals surface area contributed by atoms with Crippen molar-refractivity contribution >= 4 is 5.95 Å². The molecule has 0 fully saturated rings. The van der Waals surface area contributed by atoms with E-state index in [2.05, 4.69) is 20.0 Å². The van der Waals surface area contributed by atoms with E-state index in [0.717, 1.165) is 44.4 Å². The molecule has 0 atom stereocenters. The Morgan fingerprint density at radius 2 is 2.25 bits per heavy atom. The molecule has 2 aromatic rings. The molecule has 0 radical (unpaired) electrons. The highest BCUT2D eigenvalue weighted by Crippen LogP contribution is 2.10. The van der Waals surface area contributed by atoms with E-state index in [0.29, 0.717) is 0 Å². The lowest BCUT2D eigenvalue weighted by molar-refractivity contribution is 0.142. The number of nitrogens with zero attached hydrogens (tertiary/aromatic N) is 4. The fourth-order valence-electron chi connectivity index (χ4n) is 2.13. The average Bonchev–Trinajstić information content (AvgIpc) is 2.99. The van der Waals surface area contributed by atoms with Gasteiger partial charge in [0.1, 0.15) is 0 Å². The van der Waals surface area contributed by atoms with Gasteiger partial charge in [0.05, 0.1) is 5.69 Å². The third-order valence-electron chi connectivity index (χ3n) is 3.16. The molecule has 6 nitrogen and oxygen atoms in total. The van der Waals surface area contributed by atoms with Crippen molar-refractivity contribution in [1.82, 2.24) is 19.3 Å². The van der Waals surface area contributed by atoms with Crippen LogP contribution < -0.4 is 5.32 Å². The Balaban J connectivity index is 1.87. The van der Waals surface area contributed by atoms with Gasteiger partial charge in [0.25, 0.3) is 0 Å². The molecule has 110 valence electrons. The van der Waals surface area contributed by atoms with E-state index < -0.39 is 0 Å². The molecule has 0 bridgehead atoms. The Bertz CT molecular complexity index is 531. The van der Waals surface area contributed by atoms with Crippen molar-refractivity contribution in [3.05, 3.63) is 29.8 Å². The molecule has 0 aliphatic heterocycles. The Hall–Kier alpha value is -1.82. The number of rotatable bonds is 8. The van der Waals surface area contributed by atoms with Crippen molar-refractivity contribution < 1.29 is 4.74 Å². The molecular weight excluding hydrogens is 254 g/mol. The third kappa shape index (κ3) is 3.84. The van der Waals surface area contributed by atoms with Gasteiger partial charge in [0.2, 0.25) is 5.95 Å². The fraction of sp³-hybridized carbons (Fsp3) is 0.571. The van der Waals surface area contributed by atoms with E-state index in [9.17, 15) is 0 Å². The smallest absolute Gasteiger partial charge is 0.203 e. The lowest BCUT2D eigenvalue weighted by atomic mass is 10.3. The third-order valence-corrected chi connectivity index (χ3v) is 3.16. The van der Waals surface area contributed by atoms with Crippen LogP contribution >= 0.6 is 0 Å². The zero-order valence-corrected chi connectivity index (χ0v) is 12.5. The van der Waals surface area contributed by atoms with Crippen molar-refractivity contribution in [1.29, 1.82) is 0 Å². The van der Waals surface area contributed by atoms with Crippen molar-refractivity contribution in [2.24, 2.45) is 7.05 Å². The van der Waals surface area contributed by atoms with E-state index in [1.54, 1.807) is 0 Å². The second-order valence-electron chi connectivity index (χ2n) is 4.76. The number of nitrogens with one attached hydrogen (secondary N) is 1. The van der Waals surface area contributed by atoms with Crippen LogP contribution in [0, 0.1) is 6.92 Å². The van der Waals surface area contributed by atoms with E-state index in [4.69, 9.17) is 4.74 Å². The summed E-state index contributed by atoms with van der Waals surface area (Å²) in [6, 6.07) is 0. The fourth-order valence-corrected chi connectivity index (χ4v) is 2.13. The van der Waals surface area contributed by atoms with E-state index in [1.807, 2.05) is 44.2 Å². The van der Waals surface area contributed by atoms with Crippen molar-refractivity contribution in [2.75, 3.05) is 18.5 Å². The average molecular weight is 277 g/mol. The molecule has 0 aromatic carbocycles. The quantitative estimate of drug-likeness (QED) is 0.749. The molecule has 0 unspecified atom stereocenters. The largest absolute Gasteiger partial charge is 0.382 e. The van der Waals surface area contributed by atoms with Crippen LogP contribution in [0.5, 0.6) is 0 Å². The van der Waals surface area contributed by atoms with Gasteiger partial charge in [0.15, 0.2) is 0 Å². The maximum absolute atomic E-state index is 5.35. The second-order valence-corrected chi connectivity index (χ2v) is 4.76. The van der Waals surface area contributed by atoms with Gasteiger partial charge in [-0.3, -0.25) is 4.68 Å². The molecule has 6 heteroatoms. The van der Waals surface area contributed by atoms with Crippen LogP contribution in [-0.4, -0.2) is 32.5 Å². The van der Waals surface area contributed by atoms with Crippen LogP contribution in [0.1, 0.15) is 24.6 Å². The number of aryl methyl sites for hydroxylation is 3. The van der Waals surface area contributed by atoms with Gasteiger partial charge in [-0.2, -0.15) is 5.10 Å². The summed E-state index contributed by atoms with van der Waals surface area (Å²) in [5, 5.41) is 7.70. The molecule has 0 spiro atoms. The summed E-state index contributed by atoms with van der Waals surface area (Å²) < 4.78 is 9.30. The summed E-state index contributed by atoms with van der Waals surface area (Å²) >= 11 is 0. The number of hydrogen-bond donors (Lipinski definition) is 1. The molecule has 2 rings (SSSR count). The van der Waals surface area contributed by atoms with Gasteiger partial charge < -0.3 is 14.6 Å². The standard InChI is InChI=1S/C14H23N5O/c1-4-20-9-5-7-19-8-6-15-14(19)16-10-13-11-18(3)17-12(13)2/h6,8,11H,4-5,7,9-10H2,1-3H3,(H,15,16). The number of anilines is 1. The molecule has 0 saturated carbocycles. The van der Waals surface area contributed by atoms with Gasteiger partial charge in [-0.15, -0.1) is 0 Å². The monoisotopic (exact) mass is 277 g/mol. The summed E-state index contributed by atoms with van der Waals surface area (Å²) in [6.07, 6.45) is 6.83. The summed E-state index contributed by atoms with van der Waals surface area (Å²) in [6.45, 7) is 7.24. The molecule has 20 heavy (non-hydrogen) atoms. The maximum Gasteiger partial charge on any atom is 0.203 e. The normalized spacial score (nSPS) is 10.9. The highest BCUT2D eigenvalue weighted by Gasteiger charge is 2.06. The van der Waals surface area contributed by atoms with E-state index in [1.165, 1.54) is 5.56 Å². The van der Waals surface area contributed by atoms with Crippen LogP contribution in [0.4, 0.5) is 5.95 Å². The van der Waals surface area contributed by atoms with Gasteiger partial charge in [-0.25, -0.2) is 4.98 Å². The predicted molar refractivity (Wildman–Crippen MR) is 78.6 cm³/mol. The SMILES string of the molecule is CCOCCCn1ccnc1NCc1cn(C)nc1C. The predicted octanol–water partition coefficient (Wildman–Crippen LogP) is 1.96.